The lowest BCUT2D eigenvalue weighted by atomic mass is 10.2. The Morgan fingerprint density at radius 1 is 1.14 bits per heavy atom. The van der Waals surface area contributed by atoms with Gasteiger partial charge in [-0.2, -0.15) is 4.98 Å². The fourth-order valence-corrected chi connectivity index (χ4v) is 4.05. The second kappa shape index (κ2) is 8.26. The van der Waals surface area contributed by atoms with Crippen molar-refractivity contribution in [3.05, 3.63) is 39.7 Å². The second-order valence-electron chi connectivity index (χ2n) is 6.94. The first-order valence-corrected chi connectivity index (χ1v) is 10.3. The van der Waals surface area contributed by atoms with Gasteiger partial charge in [0.25, 0.3) is 17.6 Å². The number of ketones is 1. The van der Waals surface area contributed by atoms with Crippen molar-refractivity contribution >= 4 is 23.0 Å². The molecule has 10 heteroatoms. The lowest BCUT2D eigenvalue weighted by Crippen LogP contribution is -2.39. The molecule has 1 saturated heterocycles. The minimum absolute atomic E-state index is 0.393. The van der Waals surface area contributed by atoms with Gasteiger partial charge in [0.15, 0.2) is 5.82 Å². The molecule has 0 aliphatic carbocycles. The minimum Gasteiger partial charge on any atom is -0.361 e. The number of thiophene rings is 1. The maximum Gasteiger partial charge on any atom is 0.295 e. The summed E-state index contributed by atoms with van der Waals surface area (Å²) in [4.78, 5) is 33.6. The molecule has 0 spiro atoms. The summed E-state index contributed by atoms with van der Waals surface area (Å²) in [6.45, 7) is 6.61. The van der Waals surface area contributed by atoms with Gasteiger partial charge >= 0.3 is 0 Å². The van der Waals surface area contributed by atoms with E-state index in [9.17, 15) is 9.59 Å². The zero-order valence-corrected chi connectivity index (χ0v) is 17.1. The zero-order valence-electron chi connectivity index (χ0n) is 16.3. The van der Waals surface area contributed by atoms with Crippen LogP contribution in [-0.4, -0.2) is 63.0 Å². The third kappa shape index (κ3) is 4.13. The van der Waals surface area contributed by atoms with Crippen molar-refractivity contribution in [3.8, 4) is 11.5 Å². The molecule has 4 heterocycles. The van der Waals surface area contributed by atoms with Crippen LogP contribution in [0.3, 0.4) is 0 Å². The maximum atomic E-state index is 12.5. The summed E-state index contributed by atoms with van der Waals surface area (Å²) in [5, 5.41) is 9.77. The molecule has 9 nitrogen and oxygen atoms in total. The molecule has 0 N–H and O–H groups in total. The predicted molar refractivity (Wildman–Crippen MR) is 104 cm³/mol. The molecule has 0 unspecified atom stereocenters. The quantitative estimate of drug-likeness (QED) is 0.462. The van der Waals surface area contributed by atoms with Gasteiger partial charge in [-0.1, -0.05) is 16.4 Å². The van der Waals surface area contributed by atoms with Crippen LogP contribution in [0, 0.1) is 13.8 Å². The molecule has 1 aliphatic rings. The smallest absolute Gasteiger partial charge is 0.295 e. The number of amides is 1. The van der Waals surface area contributed by atoms with Gasteiger partial charge in [-0.25, -0.2) is 0 Å². The van der Waals surface area contributed by atoms with Crippen LogP contribution in [-0.2, 0) is 11.3 Å². The Morgan fingerprint density at radius 2 is 2.00 bits per heavy atom. The van der Waals surface area contributed by atoms with E-state index < -0.39 is 11.7 Å². The van der Waals surface area contributed by atoms with Crippen LogP contribution in [0.15, 0.2) is 26.6 Å². The highest BCUT2D eigenvalue weighted by molar-refractivity contribution is 7.13. The normalized spacial score (nSPS) is 15.4. The van der Waals surface area contributed by atoms with Crippen LogP contribution < -0.4 is 0 Å². The first-order chi connectivity index (χ1) is 14.0. The fraction of sp³-hybridized carbons (Fsp3) is 0.421. The molecule has 0 aromatic carbocycles. The number of carbonyl (C=O) groups is 2. The number of aromatic nitrogens is 3. The molecular formula is C19H21N5O4S. The Morgan fingerprint density at radius 3 is 2.72 bits per heavy atom. The number of hydrogen-bond donors (Lipinski definition) is 0. The first-order valence-electron chi connectivity index (χ1n) is 9.38. The molecule has 3 aromatic heterocycles. The van der Waals surface area contributed by atoms with Crippen molar-refractivity contribution in [1.29, 1.82) is 0 Å². The molecule has 3 aromatic rings. The highest BCUT2D eigenvalue weighted by Crippen LogP contribution is 2.25. The van der Waals surface area contributed by atoms with Crippen molar-refractivity contribution in [3.63, 3.8) is 0 Å². The third-order valence-corrected chi connectivity index (χ3v) is 5.76. The largest absolute Gasteiger partial charge is 0.361 e. The third-order valence-electron chi connectivity index (χ3n) is 4.90. The van der Waals surface area contributed by atoms with Crippen LogP contribution >= 0.6 is 11.3 Å². The van der Waals surface area contributed by atoms with Gasteiger partial charge in [-0.05, 0) is 31.7 Å². The SMILES string of the molecule is Cc1noc(C)c1-c1nc(CN2CCCN(C(=O)C(=O)c3cccs3)CC2)no1. The molecule has 0 atom stereocenters. The van der Waals surface area contributed by atoms with E-state index in [1.165, 1.54) is 11.3 Å². The summed E-state index contributed by atoms with van der Waals surface area (Å²) >= 11 is 1.29. The molecule has 152 valence electrons. The Hall–Kier alpha value is -2.85. The fourth-order valence-electron chi connectivity index (χ4n) is 3.40. The van der Waals surface area contributed by atoms with Crippen LogP contribution in [0.1, 0.15) is 33.4 Å². The number of nitrogens with zero attached hydrogens (tertiary/aromatic N) is 5. The van der Waals surface area contributed by atoms with E-state index >= 15 is 0 Å². The molecule has 0 radical (unpaired) electrons. The van der Waals surface area contributed by atoms with E-state index in [0.717, 1.165) is 18.5 Å². The molecule has 29 heavy (non-hydrogen) atoms. The highest BCUT2D eigenvalue weighted by atomic mass is 32.1. The summed E-state index contributed by atoms with van der Waals surface area (Å²) in [5.74, 6) is 0.723. The summed E-state index contributed by atoms with van der Waals surface area (Å²) in [6, 6.07) is 3.46. The number of Topliss-reactive ketones (excluding diaryl/α,β-unsaturated/α-hetero) is 1. The topological polar surface area (TPSA) is 106 Å². The zero-order chi connectivity index (χ0) is 20.4. The van der Waals surface area contributed by atoms with Crippen LogP contribution in [0.25, 0.3) is 11.5 Å². The van der Waals surface area contributed by atoms with E-state index in [-0.39, 0.29) is 0 Å². The van der Waals surface area contributed by atoms with Crippen LogP contribution in [0.4, 0.5) is 0 Å². The molecule has 1 amide bonds. The Balaban J connectivity index is 1.37. The van der Waals surface area contributed by atoms with E-state index in [2.05, 4.69) is 20.2 Å². The number of aryl methyl sites for hydroxylation is 2. The van der Waals surface area contributed by atoms with Crippen molar-refractivity contribution in [1.82, 2.24) is 25.1 Å². The van der Waals surface area contributed by atoms with Crippen molar-refractivity contribution in [2.24, 2.45) is 0 Å². The Bertz CT molecular complexity index is 990. The van der Waals surface area contributed by atoms with Gasteiger partial charge in [-0.15, -0.1) is 11.3 Å². The number of rotatable bonds is 5. The summed E-state index contributed by atoms with van der Waals surface area (Å²) in [6.07, 6.45) is 0.776. The highest BCUT2D eigenvalue weighted by Gasteiger charge is 2.26. The summed E-state index contributed by atoms with van der Waals surface area (Å²) < 4.78 is 10.5. The van der Waals surface area contributed by atoms with Crippen molar-refractivity contribution in [2.75, 3.05) is 26.2 Å². The van der Waals surface area contributed by atoms with E-state index in [1.54, 1.807) is 29.3 Å². The summed E-state index contributed by atoms with van der Waals surface area (Å²) in [7, 11) is 0. The van der Waals surface area contributed by atoms with Gasteiger partial charge < -0.3 is 13.9 Å². The predicted octanol–water partition coefficient (Wildman–Crippen LogP) is 2.32. The van der Waals surface area contributed by atoms with Gasteiger partial charge in [0.05, 0.1) is 17.1 Å². The maximum absolute atomic E-state index is 12.5. The van der Waals surface area contributed by atoms with Crippen molar-refractivity contribution in [2.45, 2.75) is 26.8 Å². The molecule has 1 fully saturated rings. The molecule has 0 bridgehead atoms. The molecule has 4 rings (SSSR count). The average Bonchev–Trinajstić information content (AvgIpc) is 3.42. The average molecular weight is 415 g/mol. The minimum atomic E-state index is -0.436. The lowest BCUT2D eigenvalue weighted by molar-refractivity contribution is -0.126. The van der Waals surface area contributed by atoms with E-state index in [0.29, 0.717) is 54.2 Å². The standard InChI is InChI=1S/C19H21N5O4S/c1-12-16(13(2)27-21-12)18-20-15(22-28-18)11-23-6-4-7-24(9-8-23)19(26)17(25)14-5-3-10-29-14/h3,5,10H,4,6-9,11H2,1-2H3. The van der Waals surface area contributed by atoms with E-state index in [1.807, 2.05) is 6.92 Å². The Kier molecular flexibility index (Phi) is 5.54. The van der Waals surface area contributed by atoms with Gasteiger partial charge in [-0.3, -0.25) is 14.5 Å². The first kappa shape index (κ1) is 19.5. The van der Waals surface area contributed by atoms with Gasteiger partial charge in [0.1, 0.15) is 11.3 Å². The lowest BCUT2D eigenvalue weighted by Gasteiger charge is -2.20. The molecule has 0 saturated carbocycles. The molecular weight excluding hydrogens is 394 g/mol. The molecule has 1 aliphatic heterocycles. The Labute approximate surface area is 171 Å². The van der Waals surface area contributed by atoms with Crippen LogP contribution in [0.5, 0.6) is 0 Å². The second-order valence-corrected chi connectivity index (χ2v) is 7.89. The van der Waals surface area contributed by atoms with E-state index in [4.69, 9.17) is 9.05 Å². The number of hydrogen-bond acceptors (Lipinski definition) is 9. The van der Waals surface area contributed by atoms with Crippen LogP contribution in [0.2, 0.25) is 0 Å². The van der Waals surface area contributed by atoms with Gasteiger partial charge in [0, 0.05) is 26.2 Å². The van der Waals surface area contributed by atoms with Gasteiger partial charge in [0.2, 0.25) is 0 Å². The number of carbonyl (C=O) groups excluding carboxylic acids is 2. The van der Waals surface area contributed by atoms with Crippen molar-refractivity contribution < 1.29 is 18.6 Å². The monoisotopic (exact) mass is 415 g/mol. The summed E-state index contributed by atoms with van der Waals surface area (Å²) in [5.41, 5.74) is 1.43.